The maximum atomic E-state index is 12.1. The highest BCUT2D eigenvalue weighted by Gasteiger charge is 2.26. The van der Waals surface area contributed by atoms with Crippen LogP contribution in [0, 0.1) is 11.3 Å². The number of thiazole rings is 1. The van der Waals surface area contributed by atoms with Crippen molar-refractivity contribution < 1.29 is 9.53 Å². The van der Waals surface area contributed by atoms with Crippen LogP contribution < -0.4 is 5.43 Å². The lowest BCUT2D eigenvalue weighted by Crippen LogP contribution is -2.45. The van der Waals surface area contributed by atoms with Crippen LogP contribution in [-0.4, -0.2) is 34.6 Å². The lowest BCUT2D eigenvalue weighted by Gasteiger charge is -2.27. The quantitative estimate of drug-likeness (QED) is 0.468. The summed E-state index contributed by atoms with van der Waals surface area (Å²) < 4.78 is 4.88. The van der Waals surface area contributed by atoms with Gasteiger partial charge in [0, 0.05) is 11.8 Å². The highest BCUT2D eigenvalue weighted by atomic mass is 32.1. The average Bonchev–Trinajstić information content (AvgIpc) is 3.06. The van der Waals surface area contributed by atoms with Gasteiger partial charge in [-0.15, -0.1) is 11.3 Å². The highest BCUT2D eigenvalue weighted by molar-refractivity contribution is 7.78. The second-order valence-corrected chi connectivity index (χ2v) is 5.57. The Kier molecular flexibility index (Phi) is 6.02. The molecule has 1 heterocycles. The molecule has 0 bridgehead atoms. The second kappa shape index (κ2) is 8.22. The number of thiocarbonyl (C=S) groups is 1. The van der Waals surface area contributed by atoms with Gasteiger partial charge >= 0.3 is 5.97 Å². The number of anilines is 1. The number of carbonyl (C=O) groups is 1. The number of nitrogens with one attached hydrogen (secondary N) is 1. The number of benzene rings is 1. The summed E-state index contributed by atoms with van der Waals surface area (Å²) in [6.45, 7) is 0. The Morgan fingerprint density at radius 1 is 1.57 bits per heavy atom. The first-order valence-corrected chi connectivity index (χ1v) is 8.00. The minimum Gasteiger partial charge on any atom is -0.467 e. The molecule has 1 N–H and O–H groups in total. The molecule has 1 aromatic carbocycles. The van der Waals surface area contributed by atoms with Crippen LogP contribution >= 0.6 is 23.6 Å². The molecule has 0 radical (unpaired) electrons. The minimum atomic E-state index is -0.644. The van der Waals surface area contributed by atoms with E-state index in [0.29, 0.717) is 17.2 Å². The molecular formula is C15H14N4O2S2. The van der Waals surface area contributed by atoms with Gasteiger partial charge in [0.1, 0.15) is 6.07 Å². The third kappa shape index (κ3) is 4.48. The Labute approximate surface area is 143 Å². The molecule has 8 heteroatoms. The maximum Gasteiger partial charge on any atom is 0.330 e. The van der Waals surface area contributed by atoms with Crippen LogP contribution in [0.25, 0.3) is 0 Å². The molecule has 0 fully saturated rings. The lowest BCUT2D eigenvalue weighted by atomic mass is 10.1. The number of nitriles is 1. The summed E-state index contributed by atoms with van der Waals surface area (Å²) in [4.78, 5) is 16.2. The van der Waals surface area contributed by atoms with E-state index in [1.54, 1.807) is 5.38 Å². The van der Waals surface area contributed by atoms with Gasteiger partial charge in [0.2, 0.25) is 5.13 Å². The van der Waals surface area contributed by atoms with Crippen molar-refractivity contribution in [3.05, 3.63) is 47.0 Å². The van der Waals surface area contributed by atoms with Crippen LogP contribution in [0.2, 0.25) is 0 Å². The summed E-state index contributed by atoms with van der Waals surface area (Å²) in [5.41, 5.74) is 5.56. The molecule has 0 saturated carbocycles. The van der Waals surface area contributed by atoms with Crippen molar-refractivity contribution in [2.45, 2.75) is 12.5 Å². The first-order chi connectivity index (χ1) is 11.2. The van der Waals surface area contributed by atoms with Crippen molar-refractivity contribution in [2.75, 3.05) is 12.5 Å². The molecule has 0 aliphatic carbocycles. The predicted octanol–water partition coefficient (Wildman–Crippen LogP) is 2.39. The fourth-order valence-electron chi connectivity index (χ4n) is 1.93. The minimum absolute atomic E-state index is 0.305. The van der Waals surface area contributed by atoms with Crippen molar-refractivity contribution in [1.82, 2.24) is 9.99 Å². The zero-order valence-electron chi connectivity index (χ0n) is 12.3. The molecule has 2 rings (SSSR count). The maximum absolute atomic E-state index is 12.1. The van der Waals surface area contributed by atoms with E-state index < -0.39 is 12.0 Å². The van der Waals surface area contributed by atoms with Crippen molar-refractivity contribution in [3.63, 3.8) is 0 Å². The molecule has 1 unspecified atom stereocenters. The first kappa shape index (κ1) is 16.9. The first-order valence-electron chi connectivity index (χ1n) is 6.65. The molecule has 0 amide bonds. The molecule has 6 nitrogen and oxygen atoms in total. The number of methoxy groups -OCH3 is 1. The van der Waals surface area contributed by atoms with E-state index in [1.807, 2.05) is 36.4 Å². The van der Waals surface area contributed by atoms with Gasteiger partial charge in [-0.3, -0.25) is 10.4 Å². The zero-order valence-corrected chi connectivity index (χ0v) is 13.9. The Hall–Kier alpha value is -2.50. The number of ether oxygens (including phenoxy) is 1. The van der Waals surface area contributed by atoms with E-state index in [2.05, 4.69) is 10.4 Å². The molecule has 0 saturated heterocycles. The van der Waals surface area contributed by atoms with Gasteiger partial charge in [-0.2, -0.15) is 5.26 Å². The van der Waals surface area contributed by atoms with Crippen LogP contribution in [0.3, 0.4) is 0 Å². The molecule has 2 aromatic rings. The molecule has 1 atom stereocenters. The Morgan fingerprint density at radius 2 is 2.30 bits per heavy atom. The van der Waals surface area contributed by atoms with E-state index >= 15 is 0 Å². The van der Waals surface area contributed by atoms with Gasteiger partial charge in [-0.1, -0.05) is 42.5 Å². The van der Waals surface area contributed by atoms with Gasteiger partial charge in [0.15, 0.2) is 11.7 Å². The van der Waals surface area contributed by atoms with Crippen molar-refractivity contribution in [1.29, 1.82) is 5.26 Å². The van der Waals surface area contributed by atoms with E-state index in [-0.39, 0.29) is 0 Å². The zero-order chi connectivity index (χ0) is 16.7. The summed E-state index contributed by atoms with van der Waals surface area (Å²) in [5.74, 6) is -0.417. The van der Waals surface area contributed by atoms with Crippen molar-refractivity contribution in [3.8, 4) is 6.07 Å². The van der Waals surface area contributed by atoms with E-state index in [4.69, 9.17) is 22.2 Å². The topological polar surface area (TPSA) is 78.2 Å². The van der Waals surface area contributed by atoms with Crippen molar-refractivity contribution in [2.24, 2.45) is 0 Å². The number of carbonyl (C=O) groups excluding carboxylic acids is 1. The smallest absolute Gasteiger partial charge is 0.330 e. The molecule has 0 aliphatic heterocycles. The summed E-state index contributed by atoms with van der Waals surface area (Å²) in [7, 11) is 1.33. The predicted molar refractivity (Wildman–Crippen MR) is 91.9 cm³/mol. The standard InChI is InChI=1S/C15H14N4O2S2/c1-21-14(20)13(7-11-5-3-2-4-6-11)19(10-22)18-15-17-12(8-16)9-23-15/h2-6,9-10,13H,7H2,1H3,(H,17,18). The van der Waals surface area contributed by atoms with Gasteiger partial charge < -0.3 is 4.74 Å². The van der Waals surface area contributed by atoms with Gasteiger partial charge in [-0.25, -0.2) is 9.78 Å². The van der Waals surface area contributed by atoms with Gasteiger partial charge in [-0.05, 0) is 5.56 Å². The summed E-state index contributed by atoms with van der Waals surface area (Å²) in [6.07, 6.45) is 0.421. The van der Waals surface area contributed by atoms with Gasteiger partial charge in [0.25, 0.3) is 0 Å². The van der Waals surface area contributed by atoms with Crippen LogP contribution in [0.1, 0.15) is 11.3 Å². The number of nitrogens with zero attached hydrogens (tertiary/aromatic N) is 3. The largest absolute Gasteiger partial charge is 0.467 e. The Morgan fingerprint density at radius 3 is 2.87 bits per heavy atom. The van der Waals surface area contributed by atoms with Crippen LogP contribution in [0.4, 0.5) is 5.13 Å². The van der Waals surface area contributed by atoms with E-state index in [0.717, 1.165) is 5.56 Å². The fraction of sp³-hybridized carbons (Fsp3) is 0.200. The molecule has 0 aliphatic rings. The monoisotopic (exact) mass is 346 g/mol. The third-order valence-electron chi connectivity index (χ3n) is 3.04. The summed E-state index contributed by atoms with van der Waals surface area (Å²) >= 11 is 6.27. The number of aromatic nitrogens is 1. The lowest BCUT2D eigenvalue weighted by molar-refractivity contribution is -0.144. The summed E-state index contributed by atoms with van der Waals surface area (Å²) in [6, 6.07) is 10.9. The third-order valence-corrected chi connectivity index (χ3v) is 4.01. The van der Waals surface area contributed by atoms with Gasteiger partial charge in [0.05, 0.1) is 12.6 Å². The number of rotatable bonds is 7. The number of hydrogen-bond acceptors (Lipinski definition) is 7. The number of hydrogen-bond donors (Lipinski definition) is 1. The molecular weight excluding hydrogens is 332 g/mol. The highest BCUT2D eigenvalue weighted by Crippen LogP contribution is 2.17. The number of hydrazine groups is 1. The molecule has 23 heavy (non-hydrogen) atoms. The molecule has 1 aromatic heterocycles. The number of esters is 1. The fourth-order valence-corrected chi connectivity index (χ4v) is 2.77. The molecule has 0 spiro atoms. The summed E-state index contributed by atoms with van der Waals surface area (Å²) in [5, 5.41) is 12.4. The van der Waals surface area contributed by atoms with Crippen LogP contribution in [0.5, 0.6) is 0 Å². The Bertz CT molecular complexity index is 712. The Balaban J connectivity index is 2.19. The van der Waals surface area contributed by atoms with E-state index in [9.17, 15) is 4.79 Å². The SMILES string of the molecule is COC(=O)C(Cc1ccccc1)N(C=S)Nc1nc(C#N)cs1. The normalized spacial score (nSPS) is 11.1. The van der Waals surface area contributed by atoms with Crippen molar-refractivity contribution >= 4 is 40.1 Å². The average molecular weight is 346 g/mol. The second-order valence-electron chi connectivity index (χ2n) is 4.50. The molecule has 118 valence electrons. The van der Waals surface area contributed by atoms with E-state index in [1.165, 1.54) is 28.9 Å². The van der Waals surface area contributed by atoms with Crippen LogP contribution in [0.15, 0.2) is 35.7 Å². The van der Waals surface area contributed by atoms with Crippen LogP contribution in [-0.2, 0) is 16.0 Å².